The lowest BCUT2D eigenvalue weighted by Gasteiger charge is -2.10. The van der Waals surface area contributed by atoms with Gasteiger partial charge in [0.2, 0.25) is 0 Å². The normalized spacial score (nSPS) is 14.3. The average molecular weight is 364 g/mol. The highest BCUT2D eigenvalue weighted by atomic mass is 32.1. The Hall–Kier alpha value is -2.28. The Bertz CT molecular complexity index is 779. The number of rotatable bonds is 5. The number of fused-ring (bicyclic) bond motifs is 1. The molecular formula is C18H18F2N2O2S. The van der Waals surface area contributed by atoms with E-state index in [4.69, 9.17) is 0 Å². The Balaban J connectivity index is 1.73. The molecule has 7 heteroatoms. The number of nitrogens with one attached hydrogen (secondary N) is 1. The van der Waals surface area contributed by atoms with E-state index in [1.807, 2.05) is 6.07 Å². The SMILES string of the molecule is CC(=NNC(=O)c1cc2c(s1)CCCC2)c1ccccc1OC(F)F. The minimum Gasteiger partial charge on any atom is -0.434 e. The van der Waals surface area contributed by atoms with Crippen LogP contribution in [0.3, 0.4) is 0 Å². The highest BCUT2D eigenvalue weighted by Crippen LogP contribution is 2.29. The molecule has 0 fully saturated rings. The van der Waals surface area contributed by atoms with Crippen molar-refractivity contribution in [3.05, 3.63) is 51.2 Å². The Labute approximate surface area is 148 Å². The van der Waals surface area contributed by atoms with Crippen LogP contribution in [0, 0.1) is 0 Å². The summed E-state index contributed by atoms with van der Waals surface area (Å²) in [6, 6.07) is 8.28. The first kappa shape index (κ1) is 17.5. The van der Waals surface area contributed by atoms with Gasteiger partial charge < -0.3 is 4.74 Å². The van der Waals surface area contributed by atoms with Crippen molar-refractivity contribution in [3.8, 4) is 5.75 Å². The van der Waals surface area contributed by atoms with E-state index in [0.717, 1.165) is 25.7 Å². The molecule has 0 radical (unpaired) electrons. The molecule has 1 amide bonds. The molecule has 0 bridgehead atoms. The molecular weight excluding hydrogens is 346 g/mol. The highest BCUT2D eigenvalue weighted by molar-refractivity contribution is 7.14. The number of carbonyl (C=O) groups is 1. The molecule has 2 aromatic rings. The van der Waals surface area contributed by atoms with E-state index in [1.54, 1.807) is 25.1 Å². The first-order chi connectivity index (χ1) is 12.0. The summed E-state index contributed by atoms with van der Waals surface area (Å²) in [5.41, 5.74) is 4.56. The van der Waals surface area contributed by atoms with E-state index in [9.17, 15) is 13.6 Å². The van der Waals surface area contributed by atoms with E-state index in [2.05, 4.69) is 15.3 Å². The second-order valence-corrected chi connectivity index (χ2v) is 6.92. The third-order valence-corrected chi connectivity index (χ3v) is 5.27. The van der Waals surface area contributed by atoms with Crippen molar-refractivity contribution in [3.63, 3.8) is 0 Å². The van der Waals surface area contributed by atoms with Gasteiger partial charge in [0.15, 0.2) is 0 Å². The maximum atomic E-state index is 12.5. The van der Waals surface area contributed by atoms with Gasteiger partial charge in [0.25, 0.3) is 5.91 Å². The van der Waals surface area contributed by atoms with Crippen molar-refractivity contribution in [1.82, 2.24) is 5.43 Å². The number of carbonyl (C=O) groups excluding carboxylic acids is 1. The number of para-hydroxylation sites is 1. The van der Waals surface area contributed by atoms with Crippen molar-refractivity contribution in [1.29, 1.82) is 0 Å². The molecule has 4 nitrogen and oxygen atoms in total. The Morgan fingerprint density at radius 2 is 2.04 bits per heavy atom. The van der Waals surface area contributed by atoms with Gasteiger partial charge in [-0.2, -0.15) is 13.9 Å². The van der Waals surface area contributed by atoms with E-state index in [0.29, 0.717) is 16.2 Å². The van der Waals surface area contributed by atoms with Crippen LogP contribution in [0.2, 0.25) is 0 Å². The Morgan fingerprint density at radius 1 is 1.28 bits per heavy atom. The van der Waals surface area contributed by atoms with Crippen LogP contribution in [0.1, 0.15) is 45.4 Å². The number of aryl methyl sites for hydroxylation is 2. The molecule has 0 saturated carbocycles. The Kier molecular flexibility index (Phi) is 5.43. The summed E-state index contributed by atoms with van der Waals surface area (Å²) < 4.78 is 29.5. The maximum Gasteiger partial charge on any atom is 0.387 e. The number of benzene rings is 1. The summed E-state index contributed by atoms with van der Waals surface area (Å²) in [6.07, 6.45) is 4.35. The van der Waals surface area contributed by atoms with Crippen LogP contribution >= 0.6 is 11.3 Å². The fraction of sp³-hybridized carbons (Fsp3) is 0.333. The standard InChI is InChI=1S/C18H18F2N2O2S/c1-11(13-7-3-4-8-14(13)24-18(19)20)21-22-17(23)16-10-12-6-2-5-9-15(12)25-16/h3-4,7-8,10,18H,2,5-6,9H2,1H3,(H,22,23). The third-order valence-electron chi connectivity index (χ3n) is 4.04. The van der Waals surface area contributed by atoms with Crippen molar-refractivity contribution in [2.24, 2.45) is 5.10 Å². The second-order valence-electron chi connectivity index (χ2n) is 5.78. The summed E-state index contributed by atoms with van der Waals surface area (Å²) in [4.78, 5) is 14.2. The number of hydrazone groups is 1. The van der Waals surface area contributed by atoms with Gasteiger partial charge in [-0.05, 0) is 56.4 Å². The monoisotopic (exact) mass is 364 g/mol. The molecule has 1 aliphatic carbocycles. The third kappa shape index (κ3) is 4.22. The van der Waals surface area contributed by atoms with E-state index >= 15 is 0 Å². The summed E-state index contributed by atoms with van der Waals surface area (Å²) in [7, 11) is 0. The van der Waals surface area contributed by atoms with Crippen LogP contribution in [0.4, 0.5) is 8.78 Å². The summed E-state index contributed by atoms with van der Waals surface area (Å²) in [6.45, 7) is -1.28. The van der Waals surface area contributed by atoms with Crippen molar-refractivity contribution < 1.29 is 18.3 Å². The molecule has 0 atom stereocenters. The van der Waals surface area contributed by atoms with Crippen LogP contribution in [-0.4, -0.2) is 18.2 Å². The summed E-state index contributed by atoms with van der Waals surface area (Å²) >= 11 is 1.50. The van der Waals surface area contributed by atoms with Crippen LogP contribution in [-0.2, 0) is 12.8 Å². The predicted octanol–water partition coefficient (Wildman–Crippen LogP) is 4.38. The minimum atomic E-state index is -2.92. The van der Waals surface area contributed by atoms with Gasteiger partial charge in [0.1, 0.15) is 5.75 Å². The number of thiophene rings is 1. The molecule has 3 rings (SSSR count). The largest absolute Gasteiger partial charge is 0.434 e. The number of amides is 1. The van der Waals surface area contributed by atoms with Crippen LogP contribution < -0.4 is 10.2 Å². The van der Waals surface area contributed by atoms with Gasteiger partial charge in [-0.25, -0.2) is 5.43 Å². The highest BCUT2D eigenvalue weighted by Gasteiger charge is 2.17. The van der Waals surface area contributed by atoms with Gasteiger partial charge in [-0.1, -0.05) is 12.1 Å². The number of hydrogen-bond donors (Lipinski definition) is 1. The zero-order chi connectivity index (χ0) is 17.8. The van der Waals surface area contributed by atoms with Crippen molar-refractivity contribution >= 4 is 23.0 Å². The number of hydrogen-bond acceptors (Lipinski definition) is 4. The van der Waals surface area contributed by atoms with Gasteiger partial charge >= 0.3 is 6.61 Å². The molecule has 1 aromatic carbocycles. The number of nitrogens with zero attached hydrogens (tertiary/aromatic N) is 1. The molecule has 1 aromatic heterocycles. The number of halogens is 2. The van der Waals surface area contributed by atoms with E-state index in [1.165, 1.54) is 27.8 Å². The van der Waals surface area contributed by atoms with Crippen LogP contribution in [0.5, 0.6) is 5.75 Å². The number of ether oxygens (including phenoxy) is 1. The Morgan fingerprint density at radius 3 is 2.80 bits per heavy atom. The fourth-order valence-corrected chi connectivity index (χ4v) is 3.96. The molecule has 0 aliphatic heterocycles. The van der Waals surface area contributed by atoms with Crippen LogP contribution in [0.25, 0.3) is 0 Å². The molecule has 1 N–H and O–H groups in total. The quantitative estimate of drug-likeness (QED) is 0.632. The van der Waals surface area contributed by atoms with Gasteiger partial charge in [0, 0.05) is 10.4 Å². The summed E-state index contributed by atoms with van der Waals surface area (Å²) in [5, 5.41) is 4.04. The lowest BCUT2D eigenvalue weighted by atomic mass is 9.99. The minimum absolute atomic E-state index is 0.0274. The van der Waals surface area contributed by atoms with Crippen molar-refractivity contribution in [2.45, 2.75) is 39.2 Å². The molecule has 25 heavy (non-hydrogen) atoms. The first-order valence-corrected chi connectivity index (χ1v) is 8.86. The lowest BCUT2D eigenvalue weighted by molar-refractivity contribution is -0.0499. The molecule has 0 unspecified atom stereocenters. The van der Waals surface area contributed by atoms with Crippen molar-refractivity contribution in [2.75, 3.05) is 0 Å². The van der Waals surface area contributed by atoms with Gasteiger partial charge in [0.05, 0.1) is 10.6 Å². The first-order valence-electron chi connectivity index (χ1n) is 8.05. The topological polar surface area (TPSA) is 50.7 Å². The van der Waals surface area contributed by atoms with Gasteiger partial charge in [-0.15, -0.1) is 11.3 Å². The molecule has 0 saturated heterocycles. The second kappa shape index (κ2) is 7.74. The molecule has 132 valence electrons. The predicted molar refractivity (Wildman–Crippen MR) is 93.7 cm³/mol. The van der Waals surface area contributed by atoms with E-state index < -0.39 is 6.61 Å². The fourth-order valence-electron chi connectivity index (χ4n) is 2.82. The lowest BCUT2D eigenvalue weighted by Crippen LogP contribution is -2.18. The summed E-state index contributed by atoms with van der Waals surface area (Å²) in [5.74, 6) is -0.259. The maximum absolute atomic E-state index is 12.5. The number of alkyl halides is 2. The molecule has 1 heterocycles. The average Bonchev–Trinajstić information content (AvgIpc) is 3.03. The smallest absolute Gasteiger partial charge is 0.387 e. The zero-order valence-corrected chi connectivity index (χ0v) is 14.5. The zero-order valence-electron chi connectivity index (χ0n) is 13.7. The van der Waals surface area contributed by atoms with E-state index in [-0.39, 0.29) is 11.7 Å². The van der Waals surface area contributed by atoms with Gasteiger partial charge in [-0.3, -0.25) is 4.79 Å². The molecule has 1 aliphatic rings. The molecule has 0 spiro atoms. The van der Waals surface area contributed by atoms with Crippen LogP contribution in [0.15, 0.2) is 35.4 Å².